The van der Waals surface area contributed by atoms with Crippen molar-refractivity contribution in [3.63, 3.8) is 0 Å². The Morgan fingerprint density at radius 1 is 1.13 bits per heavy atom. The summed E-state index contributed by atoms with van der Waals surface area (Å²) in [5.41, 5.74) is 2.81. The van der Waals surface area contributed by atoms with Crippen LogP contribution in [0.5, 0.6) is 0 Å². The summed E-state index contributed by atoms with van der Waals surface area (Å²) in [5.74, 6) is 0. The molecule has 23 heavy (non-hydrogen) atoms. The predicted octanol–water partition coefficient (Wildman–Crippen LogP) is 4.21. The summed E-state index contributed by atoms with van der Waals surface area (Å²) in [6.45, 7) is 3.88. The van der Waals surface area contributed by atoms with Crippen LogP contribution in [0.15, 0.2) is 58.5 Å². The van der Waals surface area contributed by atoms with E-state index in [0.717, 1.165) is 16.8 Å². The van der Waals surface area contributed by atoms with Crippen molar-refractivity contribution in [2.24, 2.45) is 0 Å². The summed E-state index contributed by atoms with van der Waals surface area (Å²) in [7, 11) is -3.88. The van der Waals surface area contributed by atoms with Gasteiger partial charge in [-0.2, -0.15) is 5.26 Å². The summed E-state index contributed by atoms with van der Waals surface area (Å²) in [6, 6.07) is 13.2. The van der Waals surface area contributed by atoms with Crippen molar-refractivity contribution in [3.05, 3.63) is 69.7 Å². The van der Waals surface area contributed by atoms with Gasteiger partial charge in [-0.05, 0) is 61.4 Å². The number of anilines is 1. The molecule has 2 rings (SSSR count). The van der Waals surface area contributed by atoms with Crippen LogP contribution in [-0.2, 0) is 9.84 Å². The van der Waals surface area contributed by atoms with Crippen LogP contribution in [0, 0.1) is 25.2 Å². The van der Waals surface area contributed by atoms with Crippen LogP contribution in [0.3, 0.4) is 0 Å². The van der Waals surface area contributed by atoms with E-state index in [1.807, 2.05) is 32.0 Å². The molecule has 0 saturated carbocycles. The van der Waals surface area contributed by atoms with E-state index in [2.05, 4.69) is 5.32 Å². The second-order valence-corrected chi connectivity index (χ2v) is 7.45. The van der Waals surface area contributed by atoms with Crippen LogP contribution in [-0.4, -0.2) is 8.42 Å². The van der Waals surface area contributed by atoms with Gasteiger partial charge in [0.05, 0.1) is 4.90 Å². The van der Waals surface area contributed by atoms with E-state index in [1.54, 1.807) is 6.07 Å². The SMILES string of the molecule is Cc1cc(C)cc(N/C=C(\C#N)S(=O)(=O)c2ccc(Cl)cc2)c1. The zero-order chi connectivity index (χ0) is 17.0. The average molecular weight is 347 g/mol. The molecule has 0 saturated heterocycles. The molecule has 0 atom stereocenters. The maximum absolute atomic E-state index is 12.5. The van der Waals surface area contributed by atoms with Crippen molar-refractivity contribution in [3.8, 4) is 6.07 Å². The summed E-state index contributed by atoms with van der Waals surface area (Å²) >= 11 is 5.76. The second kappa shape index (κ2) is 6.86. The molecule has 4 nitrogen and oxygen atoms in total. The number of nitrogens with zero attached hydrogens (tertiary/aromatic N) is 1. The van der Waals surface area contributed by atoms with Gasteiger partial charge in [-0.15, -0.1) is 0 Å². The third-order valence-electron chi connectivity index (χ3n) is 3.12. The average Bonchev–Trinajstić information content (AvgIpc) is 2.47. The molecule has 1 N–H and O–H groups in total. The monoisotopic (exact) mass is 346 g/mol. The van der Waals surface area contributed by atoms with Gasteiger partial charge in [0.25, 0.3) is 0 Å². The van der Waals surface area contributed by atoms with Gasteiger partial charge in [0, 0.05) is 16.9 Å². The van der Waals surface area contributed by atoms with Crippen molar-refractivity contribution in [1.29, 1.82) is 5.26 Å². The number of rotatable bonds is 4. The van der Waals surface area contributed by atoms with Crippen molar-refractivity contribution in [1.82, 2.24) is 0 Å². The van der Waals surface area contributed by atoms with E-state index in [9.17, 15) is 13.7 Å². The highest BCUT2D eigenvalue weighted by Crippen LogP contribution is 2.21. The molecule has 0 bridgehead atoms. The first-order valence-electron chi connectivity index (χ1n) is 6.78. The largest absolute Gasteiger partial charge is 0.360 e. The molecule has 0 fully saturated rings. The number of aryl methyl sites for hydroxylation is 2. The molecule has 0 unspecified atom stereocenters. The lowest BCUT2D eigenvalue weighted by atomic mass is 10.1. The molecule has 0 aliphatic heterocycles. The third-order valence-corrected chi connectivity index (χ3v) is 5.05. The minimum Gasteiger partial charge on any atom is -0.360 e. The van der Waals surface area contributed by atoms with E-state index in [-0.39, 0.29) is 9.80 Å². The molecule has 0 radical (unpaired) electrons. The lowest BCUT2D eigenvalue weighted by molar-refractivity contribution is 0.603. The molecule has 0 aliphatic rings. The zero-order valence-corrected chi connectivity index (χ0v) is 14.2. The Bertz CT molecular complexity index is 875. The normalized spacial score (nSPS) is 11.8. The van der Waals surface area contributed by atoms with Crippen LogP contribution in [0.4, 0.5) is 5.69 Å². The molecule has 0 heterocycles. The maximum atomic E-state index is 12.5. The lowest BCUT2D eigenvalue weighted by Crippen LogP contribution is -2.05. The van der Waals surface area contributed by atoms with E-state index in [1.165, 1.54) is 30.5 Å². The molecule has 0 amide bonds. The van der Waals surface area contributed by atoms with Gasteiger partial charge in [0.2, 0.25) is 9.84 Å². The smallest absolute Gasteiger partial charge is 0.218 e. The minimum absolute atomic E-state index is 0.0249. The molecule has 0 spiro atoms. The lowest BCUT2D eigenvalue weighted by Gasteiger charge is -2.07. The molecule has 6 heteroatoms. The first kappa shape index (κ1) is 17.1. The van der Waals surface area contributed by atoms with Crippen molar-refractivity contribution >= 4 is 27.1 Å². The Labute approximate surface area is 140 Å². The maximum Gasteiger partial charge on any atom is 0.218 e. The molecular formula is C17H15ClN2O2S. The van der Waals surface area contributed by atoms with E-state index in [0.29, 0.717) is 5.02 Å². The zero-order valence-electron chi connectivity index (χ0n) is 12.7. The van der Waals surface area contributed by atoms with E-state index in [4.69, 9.17) is 11.6 Å². The molecule has 0 aromatic heterocycles. The Kier molecular flexibility index (Phi) is 5.09. The molecule has 2 aromatic carbocycles. The number of halogens is 1. The Morgan fingerprint density at radius 2 is 1.70 bits per heavy atom. The molecule has 2 aromatic rings. The number of benzene rings is 2. The van der Waals surface area contributed by atoms with Gasteiger partial charge in [-0.25, -0.2) is 8.42 Å². The van der Waals surface area contributed by atoms with Crippen LogP contribution >= 0.6 is 11.6 Å². The number of nitriles is 1. The number of nitrogens with one attached hydrogen (secondary N) is 1. The standard InChI is InChI=1S/C17H15ClN2O2S/c1-12-7-13(2)9-15(8-12)20-11-17(10-19)23(21,22)16-5-3-14(18)4-6-16/h3-9,11,20H,1-2H3/b17-11+. The van der Waals surface area contributed by atoms with Gasteiger partial charge in [0.15, 0.2) is 4.91 Å². The first-order chi connectivity index (χ1) is 10.8. The number of hydrogen-bond acceptors (Lipinski definition) is 4. The van der Waals surface area contributed by atoms with Crippen LogP contribution in [0.25, 0.3) is 0 Å². The van der Waals surface area contributed by atoms with Gasteiger partial charge in [0.1, 0.15) is 6.07 Å². The Morgan fingerprint density at radius 3 is 2.22 bits per heavy atom. The van der Waals surface area contributed by atoms with Crippen LogP contribution in [0.2, 0.25) is 5.02 Å². The summed E-state index contributed by atoms with van der Waals surface area (Å²) in [6.07, 6.45) is 1.21. The number of allylic oxidation sites excluding steroid dienone is 1. The summed E-state index contributed by atoms with van der Waals surface area (Å²) in [5, 5.41) is 12.5. The van der Waals surface area contributed by atoms with E-state index < -0.39 is 9.84 Å². The predicted molar refractivity (Wildman–Crippen MR) is 91.9 cm³/mol. The third kappa shape index (κ3) is 4.13. The minimum atomic E-state index is -3.88. The first-order valence-corrected chi connectivity index (χ1v) is 8.65. The Hall–Kier alpha value is -2.29. The molecule has 118 valence electrons. The molecule has 0 aliphatic carbocycles. The van der Waals surface area contributed by atoms with Gasteiger partial charge in [-0.1, -0.05) is 17.7 Å². The fourth-order valence-electron chi connectivity index (χ4n) is 2.12. The topological polar surface area (TPSA) is 70.0 Å². The highest BCUT2D eigenvalue weighted by molar-refractivity contribution is 7.95. The fourth-order valence-corrected chi connectivity index (χ4v) is 3.33. The van der Waals surface area contributed by atoms with Crippen LogP contribution < -0.4 is 5.32 Å². The van der Waals surface area contributed by atoms with Crippen LogP contribution in [0.1, 0.15) is 11.1 Å². The van der Waals surface area contributed by atoms with Gasteiger partial charge < -0.3 is 5.32 Å². The fraction of sp³-hybridized carbons (Fsp3) is 0.118. The highest BCUT2D eigenvalue weighted by Gasteiger charge is 2.20. The van der Waals surface area contributed by atoms with E-state index >= 15 is 0 Å². The van der Waals surface area contributed by atoms with Crippen molar-refractivity contribution in [2.75, 3.05) is 5.32 Å². The summed E-state index contributed by atoms with van der Waals surface area (Å²) in [4.78, 5) is -0.337. The number of sulfone groups is 1. The highest BCUT2D eigenvalue weighted by atomic mass is 35.5. The van der Waals surface area contributed by atoms with Gasteiger partial charge in [-0.3, -0.25) is 0 Å². The Balaban J connectivity index is 2.35. The number of hydrogen-bond donors (Lipinski definition) is 1. The molecular weight excluding hydrogens is 332 g/mol. The summed E-state index contributed by atoms with van der Waals surface area (Å²) < 4.78 is 24.9. The quantitative estimate of drug-likeness (QED) is 0.842. The second-order valence-electron chi connectivity index (χ2n) is 5.10. The van der Waals surface area contributed by atoms with Crippen molar-refractivity contribution < 1.29 is 8.42 Å². The van der Waals surface area contributed by atoms with Crippen molar-refractivity contribution in [2.45, 2.75) is 18.7 Å². The van der Waals surface area contributed by atoms with Gasteiger partial charge >= 0.3 is 0 Å².